The average molecular weight is 398 g/mol. The molecular weight excluding hydrogens is 378 g/mol. The molecule has 0 unspecified atom stereocenters. The molecular formula is C22H20F2N2O3. The number of rotatable bonds is 3. The van der Waals surface area contributed by atoms with Gasteiger partial charge in [-0.2, -0.15) is 0 Å². The summed E-state index contributed by atoms with van der Waals surface area (Å²) < 4.78 is 45.6. The van der Waals surface area contributed by atoms with Crippen molar-refractivity contribution >= 4 is 16.6 Å². The van der Waals surface area contributed by atoms with Crippen molar-refractivity contribution in [1.82, 2.24) is 9.97 Å². The lowest BCUT2D eigenvalue weighted by Crippen LogP contribution is -2.31. The van der Waals surface area contributed by atoms with E-state index < -0.39 is 17.4 Å². The third kappa shape index (κ3) is 3.10. The molecule has 0 bridgehead atoms. The summed E-state index contributed by atoms with van der Waals surface area (Å²) in [4.78, 5) is 7.46. The van der Waals surface area contributed by atoms with Gasteiger partial charge in [0.05, 0.1) is 26.5 Å². The number of benzene rings is 1. The van der Waals surface area contributed by atoms with Crippen LogP contribution in [0.2, 0.25) is 0 Å². The van der Waals surface area contributed by atoms with E-state index in [-0.39, 0.29) is 5.56 Å². The second kappa shape index (κ2) is 6.93. The molecule has 3 heterocycles. The fraction of sp³-hybridized carbons (Fsp3) is 0.318. The zero-order chi connectivity index (χ0) is 20.0. The first-order valence-corrected chi connectivity index (χ1v) is 9.57. The van der Waals surface area contributed by atoms with E-state index in [1.165, 1.54) is 25.3 Å². The number of aromatic amines is 1. The van der Waals surface area contributed by atoms with Crippen molar-refractivity contribution in [2.24, 2.45) is 0 Å². The highest BCUT2D eigenvalue weighted by Gasteiger charge is 2.38. The summed E-state index contributed by atoms with van der Waals surface area (Å²) in [6.45, 7) is 1.25. The van der Waals surface area contributed by atoms with Gasteiger partial charge in [0.2, 0.25) is 0 Å². The summed E-state index contributed by atoms with van der Waals surface area (Å²) >= 11 is 0. The molecule has 1 aromatic carbocycles. The smallest absolute Gasteiger partial charge is 0.172 e. The summed E-state index contributed by atoms with van der Waals surface area (Å²) in [5.74, 6) is -1.09. The number of H-pyrrole nitrogens is 1. The Hall–Kier alpha value is -2.77. The van der Waals surface area contributed by atoms with Crippen LogP contribution in [0.15, 0.2) is 36.5 Å². The molecule has 1 aliphatic heterocycles. The maximum absolute atomic E-state index is 14.8. The van der Waals surface area contributed by atoms with Gasteiger partial charge in [0.1, 0.15) is 23.0 Å². The fourth-order valence-electron chi connectivity index (χ4n) is 4.18. The Balaban J connectivity index is 1.59. The van der Waals surface area contributed by atoms with Gasteiger partial charge < -0.3 is 19.2 Å². The van der Waals surface area contributed by atoms with Crippen molar-refractivity contribution in [3.8, 4) is 16.9 Å². The van der Waals surface area contributed by atoms with E-state index >= 15 is 0 Å². The van der Waals surface area contributed by atoms with Gasteiger partial charge in [-0.1, -0.05) is 6.08 Å². The standard InChI is InChI=1S/C22H20F2N2O3/c1-27-19-3-2-14(23)10-15(19)20-16-11-18(26-21(16)25-12-17(20)24)13-4-6-22(7-5-13)28-8-9-29-22/h2-4,10-12H,5-9H2,1H3,(H,25,26). The fourth-order valence-corrected chi connectivity index (χ4v) is 4.18. The quantitative estimate of drug-likeness (QED) is 0.687. The lowest BCUT2D eigenvalue weighted by molar-refractivity contribution is -0.159. The van der Waals surface area contributed by atoms with Crippen LogP contribution in [-0.4, -0.2) is 36.1 Å². The molecule has 1 aliphatic carbocycles. The minimum Gasteiger partial charge on any atom is -0.496 e. The second-order valence-corrected chi connectivity index (χ2v) is 7.31. The van der Waals surface area contributed by atoms with Crippen LogP contribution < -0.4 is 4.74 Å². The van der Waals surface area contributed by atoms with Crippen molar-refractivity contribution in [1.29, 1.82) is 0 Å². The Morgan fingerprint density at radius 3 is 2.72 bits per heavy atom. The number of hydrogen-bond acceptors (Lipinski definition) is 4. The Morgan fingerprint density at radius 2 is 2.00 bits per heavy atom. The van der Waals surface area contributed by atoms with Crippen molar-refractivity contribution in [3.05, 3.63) is 53.9 Å². The molecule has 1 fully saturated rings. The third-order valence-corrected chi connectivity index (χ3v) is 5.64. The van der Waals surface area contributed by atoms with Crippen LogP contribution in [0, 0.1) is 11.6 Å². The number of allylic oxidation sites excluding steroid dienone is 1. The number of fused-ring (bicyclic) bond motifs is 1. The van der Waals surface area contributed by atoms with E-state index in [2.05, 4.69) is 16.0 Å². The van der Waals surface area contributed by atoms with Gasteiger partial charge in [-0.3, -0.25) is 0 Å². The number of halogens is 2. The molecule has 2 aliphatic rings. The molecule has 0 atom stereocenters. The molecule has 1 saturated heterocycles. The normalized spacial score (nSPS) is 18.4. The van der Waals surface area contributed by atoms with Gasteiger partial charge in [0.15, 0.2) is 5.79 Å². The second-order valence-electron chi connectivity index (χ2n) is 7.31. The molecule has 2 aromatic heterocycles. The molecule has 1 N–H and O–H groups in total. The van der Waals surface area contributed by atoms with Crippen molar-refractivity contribution in [2.45, 2.75) is 25.0 Å². The van der Waals surface area contributed by atoms with Crippen LogP contribution >= 0.6 is 0 Å². The maximum atomic E-state index is 14.8. The van der Waals surface area contributed by atoms with Crippen molar-refractivity contribution < 1.29 is 23.0 Å². The minimum atomic E-state index is -0.531. The zero-order valence-electron chi connectivity index (χ0n) is 15.9. The number of nitrogens with one attached hydrogen (secondary N) is 1. The van der Waals surface area contributed by atoms with E-state index in [9.17, 15) is 8.78 Å². The third-order valence-electron chi connectivity index (χ3n) is 5.64. The molecule has 5 rings (SSSR count). The first-order valence-electron chi connectivity index (χ1n) is 9.57. The number of hydrogen-bond donors (Lipinski definition) is 1. The van der Waals surface area contributed by atoms with Crippen LogP contribution in [0.25, 0.3) is 27.7 Å². The highest BCUT2D eigenvalue weighted by Crippen LogP contribution is 2.41. The molecule has 0 radical (unpaired) electrons. The largest absolute Gasteiger partial charge is 0.496 e. The van der Waals surface area contributed by atoms with Gasteiger partial charge in [-0.05, 0) is 36.3 Å². The SMILES string of the molecule is COc1ccc(F)cc1-c1c(F)cnc2[nH]c(C3=CCC4(CC3)OCCO4)cc12. The van der Waals surface area contributed by atoms with Crippen molar-refractivity contribution in [3.63, 3.8) is 0 Å². The minimum absolute atomic E-state index is 0.268. The molecule has 0 saturated carbocycles. The highest BCUT2D eigenvalue weighted by molar-refractivity contribution is 5.97. The number of aromatic nitrogens is 2. The lowest BCUT2D eigenvalue weighted by Gasteiger charge is -2.30. The molecule has 29 heavy (non-hydrogen) atoms. The van der Waals surface area contributed by atoms with Gasteiger partial charge >= 0.3 is 0 Å². The van der Waals surface area contributed by atoms with Crippen molar-refractivity contribution in [2.75, 3.05) is 20.3 Å². The molecule has 5 nitrogen and oxygen atoms in total. The van der Waals surface area contributed by atoms with Crippen LogP contribution in [0.1, 0.15) is 25.0 Å². The van der Waals surface area contributed by atoms with E-state index in [1.54, 1.807) is 0 Å². The Morgan fingerprint density at radius 1 is 1.17 bits per heavy atom. The molecule has 0 amide bonds. The van der Waals surface area contributed by atoms with E-state index in [4.69, 9.17) is 14.2 Å². The lowest BCUT2D eigenvalue weighted by atomic mass is 9.92. The van der Waals surface area contributed by atoms with Crippen LogP contribution in [0.4, 0.5) is 8.78 Å². The number of pyridine rings is 1. The monoisotopic (exact) mass is 398 g/mol. The number of methoxy groups -OCH3 is 1. The first kappa shape index (κ1) is 18.3. The van der Waals surface area contributed by atoms with Gasteiger partial charge in [0.25, 0.3) is 0 Å². The summed E-state index contributed by atoms with van der Waals surface area (Å²) in [5, 5.41) is 0.582. The molecule has 3 aromatic rings. The summed E-state index contributed by atoms with van der Waals surface area (Å²) in [6, 6.07) is 5.93. The molecule has 150 valence electrons. The maximum Gasteiger partial charge on any atom is 0.172 e. The van der Waals surface area contributed by atoms with E-state index in [0.717, 1.165) is 30.3 Å². The van der Waals surface area contributed by atoms with E-state index in [0.29, 0.717) is 42.0 Å². The molecule has 1 spiro atoms. The average Bonchev–Trinajstić information content (AvgIpc) is 3.36. The molecule has 7 heteroatoms. The number of ether oxygens (including phenoxy) is 3. The van der Waals surface area contributed by atoms with Gasteiger partial charge in [0, 0.05) is 35.0 Å². The summed E-state index contributed by atoms with van der Waals surface area (Å²) in [7, 11) is 1.48. The summed E-state index contributed by atoms with van der Waals surface area (Å²) in [6.07, 6.45) is 5.45. The van der Waals surface area contributed by atoms with Gasteiger partial charge in [-0.15, -0.1) is 0 Å². The van der Waals surface area contributed by atoms with Crippen LogP contribution in [0.3, 0.4) is 0 Å². The highest BCUT2D eigenvalue weighted by atomic mass is 19.1. The first-order chi connectivity index (χ1) is 14.1. The topological polar surface area (TPSA) is 56.4 Å². The van der Waals surface area contributed by atoms with E-state index in [1.807, 2.05) is 6.07 Å². The number of nitrogens with zero attached hydrogens (tertiary/aromatic N) is 1. The Labute approximate surface area is 166 Å². The predicted molar refractivity (Wildman–Crippen MR) is 104 cm³/mol. The summed E-state index contributed by atoms with van der Waals surface area (Å²) in [5.41, 5.74) is 3.13. The van der Waals surface area contributed by atoms with Crippen LogP contribution in [0.5, 0.6) is 5.75 Å². The zero-order valence-corrected chi connectivity index (χ0v) is 15.9. The Kier molecular flexibility index (Phi) is 4.37. The van der Waals surface area contributed by atoms with Gasteiger partial charge in [-0.25, -0.2) is 13.8 Å². The predicted octanol–water partition coefficient (Wildman–Crippen LogP) is 4.83. The Bertz CT molecular complexity index is 1120. The van der Waals surface area contributed by atoms with Crippen LogP contribution in [-0.2, 0) is 9.47 Å².